The Balaban J connectivity index is 1.51. The molecule has 7 heteroatoms. The number of hydrogen-bond donors (Lipinski definition) is 0. The molecule has 0 amide bonds. The lowest BCUT2D eigenvalue weighted by Gasteiger charge is -2.17. The van der Waals surface area contributed by atoms with Crippen LogP contribution in [0, 0.1) is 0 Å². The molecule has 0 unspecified atom stereocenters. The van der Waals surface area contributed by atoms with Crippen molar-refractivity contribution in [2.24, 2.45) is 0 Å². The first kappa shape index (κ1) is 16.8. The number of nitrogens with zero attached hydrogens (tertiary/aromatic N) is 3. The SMILES string of the molecule is Brc1cccc(-c2noc(CN(Cc3ccco3)Cc3ccco3)n2)c1. The van der Waals surface area contributed by atoms with Crippen LogP contribution in [0.3, 0.4) is 0 Å². The molecule has 1 aromatic carbocycles. The fraction of sp³-hybridized carbons (Fsp3) is 0.158. The number of aromatic nitrogens is 2. The summed E-state index contributed by atoms with van der Waals surface area (Å²) in [5.74, 6) is 2.84. The minimum absolute atomic E-state index is 0.488. The smallest absolute Gasteiger partial charge is 0.241 e. The third kappa shape index (κ3) is 4.12. The Morgan fingerprint density at radius 1 is 0.885 bits per heavy atom. The topological polar surface area (TPSA) is 68.4 Å². The molecule has 26 heavy (non-hydrogen) atoms. The highest BCUT2D eigenvalue weighted by Gasteiger charge is 2.16. The third-order valence-electron chi connectivity index (χ3n) is 3.83. The van der Waals surface area contributed by atoms with E-state index in [4.69, 9.17) is 13.4 Å². The lowest BCUT2D eigenvalue weighted by molar-refractivity contribution is 0.183. The van der Waals surface area contributed by atoms with E-state index in [1.54, 1.807) is 12.5 Å². The predicted molar refractivity (Wildman–Crippen MR) is 97.8 cm³/mol. The summed E-state index contributed by atoms with van der Waals surface area (Å²) >= 11 is 3.46. The zero-order valence-corrected chi connectivity index (χ0v) is 15.4. The molecule has 0 aliphatic rings. The molecule has 0 aliphatic carbocycles. The van der Waals surface area contributed by atoms with Crippen molar-refractivity contribution >= 4 is 15.9 Å². The van der Waals surface area contributed by atoms with Gasteiger partial charge >= 0.3 is 0 Å². The first-order valence-electron chi connectivity index (χ1n) is 8.12. The standard InChI is InChI=1S/C19H16BrN3O3/c20-15-5-1-4-14(10-15)19-21-18(26-22-19)13-23(11-16-6-2-8-24-16)12-17-7-3-9-25-17/h1-10H,11-13H2. The van der Waals surface area contributed by atoms with Gasteiger partial charge in [0.05, 0.1) is 32.2 Å². The number of hydrogen-bond acceptors (Lipinski definition) is 6. The minimum Gasteiger partial charge on any atom is -0.468 e. The molecule has 0 radical (unpaired) electrons. The predicted octanol–water partition coefficient (Wildman–Crippen LogP) is 4.89. The van der Waals surface area contributed by atoms with Crippen molar-refractivity contribution in [2.75, 3.05) is 0 Å². The summed E-state index contributed by atoms with van der Waals surface area (Å²) < 4.78 is 17.3. The molecular weight excluding hydrogens is 398 g/mol. The summed E-state index contributed by atoms with van der Waals surface area (Å²) in [6.07, 6.45) is 3.33. The van der Waals surface area contributed by atoms with Crippen molar-refractivity contribution in [3.63, 3.8) is 0 Å². The first-order chi connectivity index (χ1) is 12.8. The van der Waals surface area contributed by atoms with Crippen molar-refractivity contribution in [1.82, 2.24) is 15.0 Å². The Labute approximate surface area is 158 Å². The fourth-order valence-corrected chi connectivity index (χ4v) is 3.07. The van der Waals surface area contributed by atoms with Gasteiger partial charge in [0.1, 0.15) is 11.5 Å². The van der Waals surface area contributed by atoms with E-state index in [-0.39, 0.29) is 0 Å². The van der Waals surface area contributed by atoms with Crippen LogP contribution in [-0.4, -0.2) is 15.0 Å². The van der Waals surface area contributed by atoms with Gasteiger partial charge < -0.3 is 13.4 Å². The van der Waals surface area contributed by atoms with Gasteiger partial charge in [0.15, 0.2) is 0 Å². The summed E-state index contributed by atoms with van der Waals surface area (Å²) in [6.45, 7) is 1.72. The van der Waals surface area contributed by atoms with Gasteiger partial charge in [-0.25, -0.2) is 0 Å². The van der Waals surface area contributed by atoms with E-state index >= 15 is 0 Å². The van der Waals surface area contributed by atoms with Gasteiger partial charge in [0, 0.05) is 10.0 Å². The second-order valence-electron chi connectivity index (χ2n) is 5.83. The molecule has 0 bridgehead atoms. The molecule has 0 saturated heterocycles. The quantitative estimate of drug-likeness (QED) is 0.429. The molecule has 0 spiro atoms. The van der Waals surface area contributed by atoms with Crippen LogP contribution in [0.4, 0.5) is 0 Å². The summed E-state index contributed by atoms with van der Waals surface area (Å²) in [5, 5.41) is 4.09. The van der Waals surface area contributed by atoms with E-state index in [0.29, 0.717) is 31.3 Å². The van der Waals surface area contributed by atoms with Crippen molar-refractivity contribution in [2.45, 2.75) is 19.6 Å². The van der Waals surface area contributed by atoms with Crippen LogP contribution in [0.1, 0.15) is 17.4 Å². The largest absolute Gasteiger partial charge is 0.468 e. The first-order valence-corrected chi connectivity index (χ1v) is 8.91. The lowest BCUT2D eigenvalue weighted by Crippen LogP contribution is -2.22. The van der Waals surface area contributed by atoms with Crippen LogP contribution in [0.5, 0.6) is 0 Å². The number of rotatable bonds is 7. The Morgan fingerprint density at radius 2 is 1.62 bits per heavy atom. The van der Waals surface area contributed by atoms with Crippen LogP contribution >= 0.6 is 15.9 Å². The van der Waals surface area contributed by atoms with E-state index in [0.717, 1.165) is 21.6 Å². The van der Waals surface area contributed by atoms with Crippen LogP contribution in [-0.2, 0) is 19.6 Å². The van der Waals surface area contributed by atoms with E-state index in [2.05, 4.69) is 31.0 Å². The Bertz CT molecular complexity index is 912. The number of halogens is 1. The van der Waals surface area contributed by atoms with Gasteiger partial charge in [0.2, 0.25) is 11.7 Å². The molecule has 4 aromatic rings. The molecule has 4 rings (SSSR count). The summed E-state index contributed by atoms with van der Waals surface area (Å²) in [7, 11) is 0. The average molecular weight is 414 g/mol. The highest BCUT2D eigenvalue weighted by molar-refractivity contribution is 9.10. The normalized spacial score (nSPS) is 11.3. The summed E-state index contributed by atoms with van der Waals surface area (Å²) in [4.78, 5) is 6.64. The zero-order valence-electron chi connectivity index (χ0n) is 13.8. The maximum absolute atomic E-state index is 5.46. The molecule has 6 nitrogen and oxygen atoms in total. The van der Waals surface area contributed by atoms with Crippen molar-refractivity contribution in [3.8, 4) is 11.4 Å². The van der Waals surface area contributed by atoms with Crippen LogP contribution < -0.4 is 0 Å². The van der Waals surface area contributed by atoms with Crippen LogP contribution in [0.2, 0.25) is 0 Å². The maximum atomic E-state index is 5.46. The highest BCUT2D eigenvalue weighted by Crippen LogP contribution is 2.21. The molecule has 3 aromatic heterocycles. The van der Waals surface area contributed by atoms with Gasteiger partial charge in [-0.2, -0.15) is 4.98 Å². The van der Waals surface area contributed by atoms with E-state index < -0.39 is 0 Å². The Kier molecular flexibility index (Phi) is 4.99. The highest BCUT2D eigenvalue weighted by atomic mass is 79.9. The van der Waals surface area contributed by atoms with Gasteiger partial charge in [-0.3, -0.25) is 4.90 Å². The van der Waals surface area contributed by atoms with E-state index in [1.807, 2.05) is 48.5 Å². The average Bonchev–Trinajstić information content (AvgIpc) is 3.37. The second kappa shape index (κ2) is 7.72. The molecule has 0 atom stereocenters. The monoisotopic (exact) mass is 413 g/mol. The van der Waals surface area contributed by atoms with Crippen molar-refractivity contribution in [3.05, 3.63) is 82.9 Å². The van der Waals surface area contributed by atoms with Gasteiger partial charge in [-0.05, 0) is 36.4 Å². The second-order valence-corrected chi connectivity index (χ2v) is 6.74. The van der Waals surface area contributed by atoms with Crippen molar-refractivity contribution < 1.29 is 13.4 Å². The van der Waals surface area contributed by atoms with E-state index in [9.17, 15) is 0 Å². The van der Waals surface area contributed by atoms with Gasteiger partial charge in [0.25, 0.3) is 0 Å². The molecular formula is C19H16BrN3O3. The lowest BCUT2D eigenvalue weighted by atomic mass is 10.2. The molecule has 0 fully saturated rings. The van der Waals surface area contributed by atoms with Crippen LogP contribution in [0.15, 0.2) is 78.9 Å². The van der Waals surface area contributed by atoms with Crippen LogP contribution in [0.25, 0.3) is 11.4 Å². The molecule has 132 valence electrons. The molecule has 0 aliphatic heterocycles. The Hall–Kier alpha value is -2.64. The third-order valence-corrected chi connectivity index (χ3v) is 4.32. The molecule has 0 saturated carbocycles. The summed E-state index contributed by atoms with van der Waals surface area (Å²) in [6, 6.07) is 15.4. The van der Waals surface area contributed by atoms with Gasteiger partial charge in [-0.1, -0.05) is 33.2 Å². The molecule has 0 N–H and O–H groups in total. The zero-order chi connectivity index (χ0) is 17.8. The fourth-order valence-electron chi connectivity index (χ4n) is 2.67. The summed E-state index contributed by atoms with van der Waals surface area (Å²) in [5.41, 5.74) is 0.901. The molecule has 3 heterocycles. The minimum atomic E-state index is 0.488. The maximum Gasteiger partial charge on any atom is 0.241 e. The number of furan rings is 2. The number of benzene rings is 1. The van der Waals surface area contributed by atoms with Gasteiger partial charge in [-0.15, -0.1) is 0 Å². The van der Waals surface area contributed by atoms with Crippen molar-refractivity contribution in [1.29, 1.82) is 0 Å². The Morgan fingerprint density at radius 3 is 2.23 bits per heavy atom. The van der Waals surface area contributed by atoms with E-state index in [1.165, 1.54) is 0 Å².